The first kappa shape index (κ1) is 22.4. The molecule has 4 atom stereocenters. The molecule has 26 heavy (non-hydrogen) atoms. The summed E-state index contributed by atoms with van der Waals surface area (Å²) in [4.78, 5) is 22.0. The largest absolute Gasteiger partial charge is 0.460 e. The molecule has 6 nitrogen and oxygen atoms in total. The van der Waals surface area contributed by atoms with Crippen LogP contribution in [0, 0.1) is 11.8 Å². The highest BCUT2D eigenvalue weighted by Gasteiger charge is 2.30. The fourth-order valence-corrected chi connectivity index (χ4v) is 3.26. The smallest absolute Gasteiger partial charge is 0.330 e. The van der Waals surface area contributed by atoms with Crippen LogP contribution in [-0.2, 0) is 28.5 Å². The number of carbonyl (C=O) groups is 2. The molecule has 0 radical (unpaired) electrons. The normalized spacial score (nSPS) is 22.1. The van der Waals surface area contributed by atoms with Gasteiger partial charge >= 0.3 is 11.9 Å². The molecule has 0 spiro atoms. The zero-order valence-corrected chi connectivity index (χ0v) is 16.0. The van der Waals surface area contributed by atoms with Crippen molar-refractivity contribution in [3.63, 3.8) is 0 Å². The van der Waals surface area contributed by atoms with Crippen molar-refractivity contribution in [3.05, 3.63) is 25.3 Å². The molecule has 6 heteroatoms. The minimum absolute atomic E-state index is 0.112. The van der Waals surface area contributed by atoms with Gasteiger partial charge in [-0.25, -0.2) is 9.59 Å². The lowest BCUT2D eigenvalue weighted by atomic mass is 9.77. The Labute approximate surface area is 156 Å². The molecule has 0 bridgehead atoms. The topological polar surface area (TPSA) is 71.1 Å². The lowest BCUT2D eigenvalue weighted by molar-refractivity contribution is -0.140. The maximum absolute atomic E-state index is 11.0. The monoisotopic (exact) mass is 368 g/mol. The van der Waals surface area contributed by atoms with Crippen LogP contribution in [0.15, 0.2) is 25.3 Å². The summed E-state index contributed by atoms with van der Waals surface area (Å²) in [5.41, 5.74) is 0. The predicted octanol–water partition coefficient (Wildman–Crippen LogP) is 3.06. The van der Waals surface area contributed by atoms with Crippen molar-refractivity contribution in [1.29, 1.82) is 0 Å². The molecule has 1 fully saturated rings. The number of esters is 2. The molecule has 1 rings (SSSR count). The number of ether oxygens (including phenoxy) is 4. The van der Waals surface area contributed by atoms with Gasteiger partial charge in [0.1, 0.15) is 13.2 Å². The lowest BCUT2D eigenvalue weighted by Crippen LogP contribution is -2.33. The van der Waals surface area contributed by atoms with Gasteiger partial charge in [-0.1, -0.05) is 19.6 Å². The first-order valence-electron chi connectivity index (χ1n) is 9.29. The number of carbonyl (C=O) groups excluding carboxylic acids is 2. The first-order chi connectivity index (χ1) is 12.5. The van der Waals surface area contributed by atoms with E-state index in [2.05, 4.69) is 27.0 Å². The van der Waals surface area contributed by atoms with E-state index in [1.54, 1.807) is 0 Å². The molecule has 0 N–H and O–H groups in total. The molecule has 1 aliphatic carbocycles. The molecule has 0 amide bonds. The molecule has 0 aromatic heterocycles. The van der Waals surface area contributed by atoms with E-state index in [0.29, 0.717) is 25.0 Å². The Balaban J connectivity index is 2.26. The van der Waals surface area contributed by atoms with Crippen molar-refractivity contribution in [2.24, 2.45) is 11.8 Å². The van der Waals surface area contributed by atoms with Crippen LogP contribution in [-0.4, -0.2) is 50.6 Å². The fourth-order valence-electron chi connectivity index (χ4n) is 3.26. The molecule has 0 aromatic carbocycles. The van der Waals surface area contributed by atoms with Crippen molar-refractivity contribution >= 4 is 11.9 Å². The van der Waals surface area contributed by atoms with E-state index in [4.69, 9.17) is 18.9 Å². The van der Waals surface area contributed by atoms with Gasteiger partial charge in [-0.15, -0.1) is 0 Å². The van der Waals surface area contributed by atoms with Crippen molar-refractivity contribution in [1.82, 2.24) is 0 Å². The summed E-state index contributed by atoms with van der Waals surface area (Å²) in [6.45, 7) is 12.1. The lowest BCUT2D eigenvalue weighted by Gasteiger charge is -2.35. The van der Waals surface area contributed by atoms with Crippen LogP contribution in [0.25, 0.3) is 0 Å². The summed E-state index contributed by atoms with van der Waals surface area (Å²) in [6, 6.07) is 0. The standard InChI is InChI=1S/C20H32O6/c1-5-19(21)25-12-10-23-15(3)17-8-7-9-18(14-17)16(4)24-11-13-26-20(22)6-2/h5-6,15-18H,1-2,7-14H2,3-4H3. The molecule has 148 valence electrons. The van der Waals surface area contributed by atoms with Crippen molar-refractivity contribution in [2.75, 3.05) is 26.4 Å². The van der Waals surface area contributed by atoms with E-state index in [0.717, 1.165) is 37.8 Å². The SMILES string of the molecule is C=CC(=O)OCCOC(C)C1CCCC(C(C)OCCOC(=O)C=C)C1. The number of hydrogen-bond donors (Lipinski definition) is 0. The molecule has 1 aliphatic rings. The summed E-state index contributed by atoms with van der Waals surface area (Å²) < 4.78 is 21.5. The summed E-state index contributed by atoms with van der Waals surface area (Å²) in [7, 11) is 0. The van der Waals surface area contributed by atoms with Gasteiger partial charge in [0.2, 0.25) is 0 Å². The van der Waals surface area contributed by atoms with Gasteiger partial charge in [0.05, 0.1) is 25.4 Å². The first-order valence-corrected chi connectivity index (χ1v) is 9.29. The van der Waals surface area contributed by atoms with Gasteiger partial charge in [-0.05, 0) is 44.9 Å². The molecule has 0 aromatic rings. The van der Waals surface area contributed by atoms with Gasteiger partial charge in [-0.3, -0.25) is 0 Å². The minimum Gasteiger partial charge on any atom is -0.460 e. The Kier molecular flexibility index (Phi) is 10.9. The van der Waals surface area contributed by atoms with Crippen LogP contribution in [0.4, 0.5) is 0 Å². The van der Waals surface area contributed by atoms with Gasteiger partial charge in [-0.2, -0.15) is 0 Å². The molecular weight excluding hydrogens is 336 g/mol. The molecular formula is C20H32O6. The van der Waals surface area contributed by atoms with E-state index in [1.807, 2.05) is 0 Å². The quantitative estimate of drug-likeness (QED) is 0.299. The van der Waals surface area contributed by atoms with Crippen molar-refractivity contribution in [3.8, 4) is 0 Å². The van der Waals surface area contributed by atoms with Crippen LogP contribution < -0.4 is 0 Å². The second-order valence-electron chi connectivity index (χ2n) is 6.58. The summed E-state index contributed by atoms with van der Waals surface area (Å²) in [5.74, 6) is 0.0782. The van der Waals surface area contributed by atoms with Crippen LogP contribution in [0.2, 0.25) is 0 Å². The van der Waals surface area contributed by atoms with E-state index in [-0.39, 0.29) is 25.4 Å². The maximum atomic E-state index is 11.0. The van der Waals surface area contributed by atoms with Gasteiger partial charge in [0.25, 0.3) is 0 Å². The second-order valence-corrected chi connectivity index (χ2v) is 6.58. The van der Waals surface area contributed by atoms with E-state index >= 15 is 0 Å². The highest BCUT2D eigenvalue weighted by molar-refractivity contribution is 5.81. The number of rotatable bonds is 12. The van der Waals surface area contributed by atoms with Crippen LogP contribution in [0.5, 0.6) is 0 Å². The maximum Gasteiger partial charge on any atom is 0.330 e. The molecule has 0 saturated heterocycles. The summed E-state index contributed by atoms with van der Waals surface area (Å²) in [6.07, 6.45) is 6.97. The second kappa shape index (κ2) is 12.7. The molecule has 4 unspecified atom stereocenters. The molecule has 0 heterocycles. The van der Waals surface area contributed by atoms with Gasteiger partial charge in [0, 0.05) is 12.2 Å². The van der Waals surface area contributed by atoms with Gasteiger partial charge in [0.15, 0.2) is 0 Å². The third-order valence-corrected chi connectivity index (χ3v) is 4.83. The zero-order chi connectivity index (χ0) is 19.4. The van der Waals surface area contributed by atoms with E-state index in [9.17, 15) is 9.59 Å². The molecule has 0 aliphatic heterocycles. The summed E-state index contributed by atoms with van der Waals surface area (Å²) >= 11 is 0. The Hall–Kier alpha value is -1.66. The third-order valence-electron chi connectivity index (χ3n) is 4.83. The third kappa shape index (κ3) is 8.63. The summed E-state index contributed by atoms with van der Waals surface area (Å²) in [5, 5.41) is 0. The highest BCUT2D eigenvalue weighted by atomic mass is 16.6. The minimum atomic E-state index is -0.427. The Morgan fingerprint density at radius 3 is 1.69 bits per heavy atom. The van der Waals surface area contributed by atoms with Crippen molar-refractivity contribution < 1.29 is 28.5 Å². The van der Waals surface area contributed by atoms with E-state index < -0.39 is 11.9 Å². The average Bonchev–Trinajstić information content (AvgIpc) is 2.67. The fraction of sp³-hybridized carbons (Fsp3) is 0.700. The number of hydrogen-bond acceptors (Lipinski definition) is 6. The predicted molar refractivity (Wildman–Crippen MR) is 98.6 cm³/mol. The average molecular weight is 368 g/mol. The van der Waals surface area contributed by atoms with Gasteiger partial charge < -0.3 is 18.9 Å². The van der Waals surface area contributed by atoms with Crippen molar-refractivity contribution in [2.45, 2.75) is 51.7 Å². The molecule has 1 saturated carbocycles. The Morgan fingerprint density at radius 1 is 0.885 bits per heavy atom. The Morgan fingerprint density at radius 2 is 1.31 bits per heavy atom. The zero-order valence-electron chi connectivity index (χ0n) is 16.0. The van der Waals surface area contributed by atoms with Crippen LogP contribution in [0.3, 0.4) is 0 Å². The van der Waals surface area contributed by atoms with E-state index in [1.165, 1.54) is 0 Å². The van der Waals surface area contributed by atoms with Crippen LogP contribution in [0.1, 0.15) is 39.5 Å². The Bertz CT molecular complexity index is 421. The van der Waals surface area contributed by atoms with Crippen LogP contribution >= 0.6 is 0 Å². The highest BCUT2D eigenvalue weighted by Crippen LogP contribution is 2.34.